The predicted octanol–water partition coefficient (Wildman–Crippen LogP) is 4.26. The van der Waals surface area contributed by atoms with Crippen LogP contribution in [0, 0.1) is 5.41 Å². The summed E-state index contributed by atoms with van der Waals surface area (Å²) in [6.45, 7) is 7.64. The first-order valence-corrected chi connectivity index (χ1v) is 8.60. The highest BCUT2D eigenvalue weighted by atomic mass is 16.2. The predicted molar refractivity (Wildman–Crippen MR) is 101 cm³/mol. The molecule has 1 aliphatic rings. The van der Waals surface area contributed by atoms with Crippen LogP contribution in [-0.2, 0) is 11.2 Å². The number of amides is 2. The van der Waals surface area contributed by atoms with Crippen LogP contribution in [0.3, 0.4) is 0 Å². The van der Waals surface area contributed by atoms with Crippen LogP contribution in [-0.4, -0.2) is 17.9 Å². The number of hydrogen-bond acceptors (Lipinski definition) is 2. The molecule has 4 nitrogen and oxygen atoms in total. The summed E-state index contributed by atoms with van der Waals surface area (Å²) in [5.41, 5.74) is 2.91. The molecule has 0 aliphatic carbocycles. The summed E-state index contributed by atoms with van der Waals surface area (Å²) in [7, 11) is 0. The van der Waals surface area contributed by atoms with E-state index < -0.39 is 5.41 Å². The van der Waals surface area contributed by atoms with Gasteiger partial charge in [-0.2, -0.15) is 0 Å². The topological polar surface area (TPSA) is 49.4 Å². The quantitative estimate of drug-likeness (QED) is 0.891. The highest BCUT2D eigenvalue weighted by Gasteiger charge is 2.31. The number of benzene rings is 2. The van der Waals surface area contributed by atoms with Crippen LogP contribution in [0.2, 0.25) is 0 Å². The van der Waals surface area contributed by atoms with Crippen molar-refractivity contribution in [2.75, 3.05) is 10.2 Å². The number of para-hydroxylation sites is 1. The van der Waals surface area contributed by atoms with Gasteiger partial charge in [0.1, 0.15) is 0 Å². The summed E-state index contributed by atoms with van der Waals surface area (Å²) in [6.07, 6.45) is 0.863. The number of anilines is 2. The first-order valence-electron chi connectivity index (χ1n) is 8.60. The SMILES string of the molecule is CC1Cc2ccccc2N1C(=O)c1cccc(NC(=O)C(C)(C)C)c1. The molecule has 1 unspecified atom stereocenters. The molecular weight excluding hydrogens is 312 g/mol. The zero-order chi connectivity index (χ0) is 18.2. The van der Waals surface area contributed by atoms with Crippen LogP contribution in [0.25, 0.3) is 0 Å². The Morgan fingerprint density at radius 2 is 1.80 bits per heavy atom. The molecule has 0 aromatic heterocycles. The minimum absolute atomic E-state index is 0.0377. The molecule has 3 rings (SSSR count). The average molecular weight is 336 g/mol. The van der Waals surface area contributed by atoms with Gasteiger partial charge < -0.3 is 10.2 Å². The Morgan fingerprint density at radius 3 is 2.52 bits per heavy atom. The second-order valence-electron chi connectivity index (χ2n) is 7.64. The molecule has 0 bridgehead atoms. The van der Waals surface area contributed by atoms with E-state index in [-0.39, 0.29) is 17.9 Å². The van der Waals surface area contributed by atoms with E-state index in [0.717, 1.165) is 12.1 Å². The van der Waals surface area contributed by atoms with E-state index in [1.54, 1.807) is 18.2 Å². The van der Waals surface area contributed by atoms with Crippen molar-refractivity contribution < 1.29 is 9.59 Å². The summed E-state index contributed by atoms with van der Waals surface area (Å²) in [5.74, 6) is -0.110. The van der Waals surface area contributed by atoms with Gasteiger partial charge in [-0.3, -0.25) is 9.59 Å². The van der Waals surface area contributed by atoms with Gasteiger partial charge in [0.05, 0.1) is 0 Å². The molecule has 0 radical (unpaired) electrons. The maximum absolute atomic E-state index is 13.1. The highest BCUT2D eigenvalue weighted by Crippen LogP contribution is 2.33. The van der Waals surface area contributed by atoms with Gasteiger partial charge in [0.15, 0.2) is 0 Å². The first kappa shape index (κ1) is 17.2. The molecule has 25 heavy (non-hydrogen) atoms. The van der Waals surface area contributed by atoms with Gasteiger partial charge in [-0.25, -0.2) is 0 Å². The monoisotopic (exact) mass is 336 g/mol. The first-order chi connectivity index (χ1) is 11.8. The number of nitrogens with one attached hydrogen (secondary N) is 1. The van der Waals surface area contributed by atoms with E-state index in [1.807, 2.05) is 49.9 Å². The smallest absolute Gasteiger partial charge is 0.258 e. The highest BCUT2D eigenvalue weighted by molar-refractivity contribution is 6.08. The molecule has 4 heteroatoms. The zero-order valence-electron chi connectivity index (χ0n) is 15.2. The van der Waals surface area contributed by atoms with Crippen molar-refractivity contribution in [1.82, 2.24) is 0 Å². The average Bonchev–Trinajstić information content (AvgIpc) is 2.89. The lowest BCUT2D eigenvalue weighted by Crippen LogP contribution is -2.35. The van der Waals surface area contributed by atoms with E-state index in [4.69, 9.17) is 0 Å². The lowest BCUT2D eigenvalue weighted by molar-refractivity contribution is -0.123. The van der Waals surface area contributed by atoms with Crippen LogP contribution in [0.5, 0.6) is 0 Å². The molecule has 1 atom stereocenters. The number of hydrogen-bond donors (Lipinski definition) is 1. The van der Waals surface area contributed by atoms with E-state index in [0.29, 0.717) is 11.3 Å². The molecule has 1 heterocycles. The standard InChI is InChI=1S/C21H24N2O2/c1-14-12-15-8-5-6-11-18(15)23(14)19(24)16-9-7-10-17(13-16)22-20(25)21(2,3)4/h5-11,13-14H,12H2,1-4H3,(H,22,25). The molecule has 130 valence electrons. The molecule has 0 saturated heterocycles. The van der Waals surface area contributed by atoms with Crippen molar-refractivity contribution in [2.24, 2.45) is 5.41 Å². The number of carbonyl (C=O) groups is 2. The second kappa shape index (κ2) is 6.36. The Bertz CT molecular complexity index is 821. The maximum Gasteiger partial charge on any atom is 0.258 e. The minimum Gasteiger partial charge on any atom is -0.326 e. The van der Waals surface area contributed by atoms with Crippen molar-refractivity contribution in [3.05, 3.63) is 59.7 Å². The van der Waals surface area contributed by atoms with Gasteiger partial charge >= 0.3 is 0 Å². The Hall–Kier alpha value is -2.62. The van der Waals surface area contributed by atoms with Crippen LogP contribution in [0.4, 0.5) is 11.4 Å². The zero-order valence-corrected chi connectivity index (χ0v) is 15.2. The fourth-order valence-electron chi connectivity index (χ4n) is 3.06. The van der Waals surface area contributed by atoms with Crippen molar-refractivity contribution >= 4 is 23.2 Å². The van der Waals surface area contributed by atoms with Gasteiger partial charge in [0.2, 0.25) is 5.91 Å². The third-order valence-corrected chi connectivity index (χ3v) is 4.47. The summed E-state index contributed by atoms with van der Waals surface area (Å²) in [5, 5.41) is 2.89. The fourth-order valence-corrected chi connectivity index (χ4v) is 3.06. The molecule has 1 N–H and O–H groups in total. The summed E-state index contributed by atoms with van der Waals surface area (Å²) in [6, 6.07) is 15.3. The van der Waals surface area contributed by atoms with E-state index >= 15 is 0 Å². The third kappa shape index (κ3) is 3.43. The van der Waals surface area contributed by atoms with Gasteiger partial charge in [-0.05, 0) is 43.2 Å². The van der Waals surface area contributed by atoms with Crippen molar-refractivity contribution in [3.8, 4) is 0 Å². The third-order valence-electron chi connectivity index (χ3n) is 4.47. The molecule has 2 aromatic rings. The lowest BCUT2D eigenvalue weighted by Gasteiger charge is -2.23. The summed E-state index contributed by atoms with van der Waals surface area (Å²) < 4.78 is 0. The Labute approximate surface area is 148 Å². The summed E-state index contributed by atoms with van der Waals surface area (Å²) >= 11 is 0. The Kier molecular flexibility index (Phi) is 4.38. The molecular formula is C21H24N2O2. The molecule has 0 spiro atoms. The van der Waals surface area contributed by atoms with Crippen LogP contribution < -0.4 is 10.2 Å². The lowest BCUT2D eigenvalue weighted by atomic mass is 9.95. The maximum atomic E-state index is 13.1. The van der Waals surface area contributed by atoms with Gasteiger partial charge in [0, 0.05) is 28.4 Å². The molecule has 0 fully saturated rings. The minimum atomic E-state index is -0.484. The fraction of sp³-hybridized carbons (Fsp3) is 0.333. The number of rotatable bonds is 2. The Morgan fingerprint density at radius 1 is 1.08 bits per heavy atom. The van der Waals surface area contributed by atoms with Gasteiger partial charge in [-0.1, -0.05) is 45.0 Å². The molecule has 2 aromatic carbocycles. The van der Waals surface area contributed by atoms with E-state index in [2.05, 4.69) is 18.3 Å². The number of fused-ring (bicyclic) bond motifs is 1. The normalized spacial score (nSPS) is 16.5. The van der Waals surface area contributed by atoms with Gasteiger partial charge in [-0.15, -0.1) is 0 Å². The van der Waals surface area contributed by atoms with Crippen molar-refractivity contribution in [1.29, 1.82) is 0 Å². The summed E-state index contributed by atoms with van der Waals surface area (Å²) in [4.78, 5) is 27.1. The Balaban J connectivity index is 1.86. The van der Waals surface area contributed by atoms with Crippen molar-refractivity contribution in [3.63, 3.8) is 0 Å². The largest absolute Gasteiger partial charge is 0.326 e. The number of carbonyl (C=O) groups excluding carboxylic acids is 2. The molecule has 0 saturated carbocycles. The van der Waals surface area contributed by atoms with Gasteiger partial charge in [0.25, 0.3) is 5.91 Å². The second-order valence-corrected chi connectivity index (χ2v) is 7.64. The van der Waals surface area contributed by atoms with Crippen LogP contribution in [0.1, 0.15) is 43.6 Å². The molecule has 2 amide bonds. The molecule has 1 aliphatic heterocycles. The van der Waals surface area contributed by atoms with Crippen LogP contribution in [0.15, 0.2) is 48.5 Å². The van der Waals surface area contributed by atoms with E-state index in [9.17, 15) is 9.59 Å². The van der Waals surface area contributed by atoms with Crippen LogP contribution >= 0.6 is 0 Å². The van der Waals surface area contributed by atoms with Crippen molar-refractivity contribution in [2.45, 2.75) is 40.2 Å². The number of nitrogens with zero attached hydrogens (tertiary/aromatic N) is 1. The van der Waals surface area contributed by atoms with E-state index in [1.165, 1.54) is 5.56 Å².